The molecule has 0 aromatic carbocycles. The first-order chi connectivity index (χ1) is 46.0. The Morgan fingerprint density at radius 1 is 0.151 bits per heavy atom. The van der Waals surface area contributed by atoms with Gasteiger partial charge in [0.25, 0.3) is 0 Å². The van der Waals surface area contributed by atoms with E-state index in [4.69, 9.17) is 0 Å². The first-order valence-corrected chi connectivity index (χ1v) is 46.0. The van der Waals surface area contributed by atoms with Crippen LogP contribution in [0.1, 0.15) is 372 Å². The molecule has 0 N–H and O–H groups in total. The van der Waals surface area contributed by atoms with Crippen molar-refractivity contribution in [3.8, 4) is 0 Å². The van der Waals surface area contributed by atoms with Gasteiger partial charge in [-0.05, 0) is 386 Å². The van der Waals surface area contributed by atoms with E-state index in [9.17, 15) is 0 Å². The maximum atomic E-state index is 1.68. The van der Waals surface area contributed by atoms with Gasteiger partial charge in [0.1, 0.15) is 0 Å². The molecule has 0 heteroatoms. The summed E-state index contributed by atoms with van der Waals surface area (Å²) < 4.78 is 0. The Bertz CT molecular complexity index is 2020. The number of hydrogen-bond donors (Lipinski definition) is 0. The van der Waals surface area contributed by atoms with E-state index in [1.807, 2.05) is 0 Å². The molecule has 1 spiro atoms. The summed E-state index contributed by atoms with van der Waals surface area (Å²) in [5.74, 6) is 42.3. The molecule has 20 bridgehead atoms. The van der Waals surface area contributed by atoms with E-state index in [1.54, 1.807) is 205 Å². The molecule has 0 aliphatic heterocycles. The summed E-state index contributed by atoms with van der Waals surface area (Å²) >= 11 is 0. The molecule has 33 rings (SSSR count). The minimum Gasteiger partial charge on any atom is -0.0533 e. The minimum atomic E-state index is 0.921. The van der Waals surface area contributed by atoms with Gasteiger partial charge in [0.15, 0.2) is 0 Å². The van der Waals surface area contributed by atoms with E-state index in [0.29, 0.717) is 0 Å². The number of fused-ring (bicyclic) bond motifs is 3. The van der Waals surface area contributed by atoms with E-state index in [1.165, 1.54) is 368 Å². The average Bonchev–Trinajstić information content (AvgIpc) is 1.20. The molecule has 0 heterocycles. The van der Waals surface area contributed by atoms with Crippen LogP contribution in [0.3, 0.4) is 0 Å². The normalized spacial score (nSPS) is 56.5. The molecule has 0 saturated heterocycles. The lowest BCUT2D eigenvalue weighted by Gasteiger charge is -3.03. The highest BCUT2D eigenvalue weighted by molar-refractivity contribution is 5.44. The van der Waals surface area contributed by atoms with Crippen molar-refractivity contribution in [3.63, 3.8) is 0 Å². The third kappa shape index (κ3) is 12.1. The number of hydrogen-bond acceptors (Lipinski definition) is 0. The molecule has 0 nitrogen and oxygen atoms in total. The first-order valence-electron chi connectivity index (χ1n) is 46.0. The average molecular weight is 1270 g/mol. The molecular weight excluding hydrogens is 1120 g/mol. The summed E-state index contributed by atoms with van der Waals surface area (Å²) in [5.41, 5.74) is 0.921. The van der Waals surface area contributed by atoms with Crippen LogP contribution in [0.4, 0.5) is 0 Å². The molecule has 33 saturated carbocycles. The van der Waals surface area contributed by atoms with Crippen LogP contribution in [0.25, 0.3) is 0 Å². The molecule has 0 aromatic heterocycles. The summed E-state index contributed by atoms with van der Waals surface area (Å²) in [7, 11) is 0. The predicted molar refractivity (Wildman–Crippen MR) is 389 cm³/mol. The van der Waals surface area contributed by atoms with Crippen molar-refractivity contribution in [1.29, 1.82) is 0 Å². The van der Waals surface area contributed by atoms with E-state index in [2.05, 4.69) is 0 Å². The van der Waals surface area contributed by atoms with E-state index in [-0.39, 0.29) is 0 Å². The molecule has 522 valence electrons. The first kappa shape index (κ1) is 63.9. The van der Waals surface area contributed by atoms with Crippen molar-refractivity contribution in [2.24, 2.45) is 207 Å². The highest BCUT2D eigenvalue weighted by Gasteiger charge is 2.97. The maximum Gasteiger partial charge on any atom is -0.0266 e. The lowest BCUT2D eigenvalue weighted by molar-refractivity contribution is -0.565. The second-order valence-electron chi connectivity index (χ2n) is 42.7. The smallest absolute Gasteiger partial charge is 0.0266 e. The van der Waals surface area contributed by atoms with Gasteiger partial charge in [0.05, 0.1) is 0 Å². The quantitative estimate of drug-likeness (QED) is 0.212. The summed E-state index contributed by atoms with van der Waals surface area (Å²) in [4.78, 5) is 0. The zero-order valence-electron chi connectivity index (χ0n) is 61.1. The molecule has 15 unspecified atom stereocenters. The van der Waals surface area contributed by atoms with Gasteiger partial charge in [-0.25, -0.2) is 0 Å². The summed E-state index contributed by atoms with van der Waals surface area (Å²) in [6, 6.07) is 0. The Balaban J connectivity index is 0.0000000734. The fourth-order valence-electron chi connectivity index (χ4n) is 35.5. The molecule has 93 heavy (non-hydrogen) atoms. The minimum absolute atomic E-state index is 0.921. The lowest BCUT2D eigenvalue weighted by atomic mass is 9.01. The van der Waals surface area contributed by atoms with Gasteiger partial charge in [-0.1, -0.05) is 193 Å². The van der Waals surface area contributed by atoms with Crippen LogP contribution in [0.2, 0.25) is 0 Å². The van der Waals surface area contributed by atoms with Crippen molar-refractivity contribution in [1.82, 2.24) is 0 Å². The van der Waals surface area contributed by atoms with Crippen LogP contribution in [-0.4, -0.2) is 0 Å². The second-order valence-corrected chi connectivity index (χ2v) is 42.7. The third-order valence-electron chi connectivity index (χ3n) is 38.5. The zero-order valence-corrected chi connectivity index (χ0v) is 61.1. The lowest BCUT2D eigenvalue weighted by Crippen LogP contribution is -3.00. The highest BCUT2D eigenvalue weighted by Crippen LogP contribution is 3.01. The Kier molecular flexibility index (Phi) is 19.0. The molecule has 0 radical (unpaired) electrons. The van der Waals surface area contributed by atoms with E-state index >= 15 is 0 Å². The fraction of sp³-hybridized carbons (Fsp3) is 1.00. The molecule has 33 aliphatic carbocycles. The van der Waals surface area contributed by atoms with Gasteiger partial charge in [-0.3, -0.25) is 0 Å². The third-order valence-corrected chi connectivity index (χ3v) is 38.5. The van der Waals surface area contributed by atoms with Crippen LogP contribution in [0.15, 0.2) is 0 Å². The van der Waals surface area contributed by atoms with E-state index < -0.39 is 0 Å². The van der Waals surface area contributed by atoms with Gasteiger partial charge in [0, 0.05) is 0 Å². The predicted octanol–water partition coefficient (Wildman–Crippen LogP) is 26.8. The van der Waals surface area contributed by atoms with Crippen molar-refractivity contribution in [2.45, 2.75) is 372 Å². The Labute approximate surface area is 575 Å². The van der Waals surface area contributed by atoms with Crippen molar-refractivity contribution < 1.29 is 0 Å². The zero-order chi connectivity index (χ0) is 61.1. The van der Waals surface area contributed by atoms with Crippen molar-refractivity contribution >= 4 is 0 Å². The largest absolute Gasteiger partial charge is 0.0533 e. The summed E-state index contributed by atoms with van der Waals surface area (Å²) in [5, 5.41) is 0. The topological polar surface area (TPSA) is 0 Å². The van der Waals surface area contributed by atoms with E-state index in [0.717, 1.165) is 5.41 Å². The highest BCUT2D eigenvalue weighted by atomic mass is 15.0. The van der Waals surface area contributed by atoms with Gasteiger partial charge < -0.3 is 0 Å². The molecule has 15 atom stereocenters. The standard InChI is InChI=1S/C11H14.C11H18.3C10H16.C8H8.C8H16.C7H10.C7H14.C6H12.C5H10/c1-4-5-2-9-8(1)10-6(4)3-7(5)11(9)10;1-2-4-10-9-5-6-11(10)8(3-1)7-9;2*1-7-2-9-4-8(1)5-10(3-7)6-9;1-2-9-6-8-3-5-10(9,4-1)7-8;1-2-5-3(1)7-4(1)6(2)8(5)7;1-2-4-6-8-7-5-3-1;1-4-2-6-5(1)7(6)3-4;1-2-4-6-7-5-3-1;1-2-4-6-5-3-1;1-2-4-5-3-1/h4-11H,1-3H2;8-11H,1-7H2;2*7-10H,1-6H2;8-9H,1-7H2;1-8H;1-8H2;4-7H,1-3H2;1-7H2;1-6H2;1-5H2. The Hall–Kier alpha value is 0. The van der Waals surface area contributed by atoms with Gasteiger partial charge >= 0.3 is 0 Å². The van der Waals surface area contributed by atoms with Crippen molar-refractivity contribution in [2.75, 3.05) is 0 Å². The molecule has 33 fully saturated rings. The van der Waals surface area contributed by atoms with Crippen LogP contribution in [0, 0.1) is 207 Å². The molecule has 33 aliphatic rings. The molecular formula is C93H150. The molecule has 0 amide bonds. The SMILES string of the molecule is C12C3C4C1C1C2C3C41.C1C2C3CC4C5CC3C1C5C24.C1C2CC3C1C3C2.C1C2CC3CC1CC(C2)C3.C1C2CC3CC1CC(C2)C3.C1CC2CC3CCC2(C1)C3.C1CCC2C3CCC2C(C1)C3.C1CCCC1.C1CCCCC1.C1CCCCCC1.C1CCCCCCC1. The van der Waals surface area contributed by atoms with Crippen molar-refractivity contribution in [3.05, 3.63) is 0 Å². The molecule has 0 aromatic rings. The second kappa shape index (κ2) is 27.6. The fourth-order valence-corrected chi connectivity index (χ4v) is 35.5. The Morgan fingerprint density at radius 3 is 0.763 bits per heavy atom. The summed E-state index contributed by atoms with van der Waals surface area (Å²) in [6.45, 7) is 0. The van der Waals surface area contributed by atoms with Gasteiger partial charge in [-0.15, -0.1) is 0 Å². The van der Waals surface area contributed by atoms with Crippen LogP contribution < -0.4 is 0 Å². The Morgan fingerprint density at radius 2 is 0.441 bits per heavy atom. The number of rotatable bonds is 0. The van der Waals surface area contributed by atoms with Crippen LogP contribution in [-0.2, 0) is 0 Å². The summed E-state index contributed by atoms with van der Waals surface area (Å²) in [6.07, 6.45) is 90.4. The monoisotopic (exact) mass is 1270 g/mol. The van der Waals surface area contributed by atoms with Gasteiger partial charge in [-0.2, -0.15) is 0 Å². The van der Waals surface area contributed by atoms with Crippen LogP contribution in [0.5, 0.6) is 0 Å². The van der Waals surface area contributed by atoms with Crippen LogP contribution >= 0.6 is 0 Å². The maximum absolute atomic E-state index is 1.68. The van der Waals surface area contributed by atoms with Gasteiger partial charge in [0.2, 0.25) is 0 Å².